The molecule has 0 spiro atoms. The van der Waals surface area contributed by atoms with Crippen molar-refractivity contribution in [3.8, 4) is 34.1 Å². The van der Waals surface area contributed by atoms with Crippen LogP contribution < -0.4 is 18.9 Å². The van der Waals surface area contributed by atoms with Crippen LogP contribution in [0.3, 0.4) is 0 Å². The number of rotatable bonds is 9. The van der Waals surface area contributed by atoms with Crippen molar-refractivity contribution in [2.24, 2.45) is 0 Å². The average molecular weight is 519 g/mol. The molecule has 0 atom stereocenters. The van der Waals surface area contributed by atoms with Crippen LogP contribution >= 0.6 is 0 Å². The molecule has 0 saturated carbocycles. The van der Waals surface area contributed by atoms with E-state index in [4.69, 9.17) is 18.9 Å². The van der Waals surface area contributed by atoms with E-state index >= 15 is 0 Å². The summed E-state index contributed by atoms with van der Waals surface area (Å²) in [5.74, 6) is -1.44. The molecule has 8 nitrogen and oxygen atoms in total. The number of methoxy groups -OCH3 is 4. The Hall–Kier alpha value is -4.20. The van der Waals surface area contributed by atoms with Crippen LogP contribution in [0.25, 0.3) is 23.3 Å². The second kappa shape index (κ2) is 10.7. The van der Waals surface area contributed by atoms with Gasteiger partial charge in [0.05, 0.1) is 39.6 Å². The number of ether oxygens (including phenoxy) is 4. The fraction of sp³-hybridized carbons (Fsp3) is 0.333. The molecule has 0 heterocycles. The maximum Gasteiger partial charge on any atom is 0.237 e. The van der Waals surface area contributed by atoms with Crippen LogP contribution in [0.5, 0.6) is 23.0 Å². The van der Waals surface area contributed by atoms with Crippen molar-refractivity contribution in [2.75, 3.05) is 28.4 Å². The van der Waals surface area contributed by atoms with E-state index in [1.165, 1.54) is 28.4 Å². The highest BCUT2D eigenvalue weighted by molar-refractivity contribution is 6.53. The Balaban J connectivity index is 2.23. The molecule has 0 radical (unpaired) electrons. The first-order valence-corrected chi connectivity index (χ1v) is 12.4. The SMILES string of the molecule is CCCC1=Cc2c(c(OC)cc(OC)c2-c2c(OC)cc(OC)c3c2C=C(CCC)C(=O)C3=O)C(=O)C1=O. The van der Waals surface area contributed by atoms with E-state index in [-0.39, 0.29) is 22.6 Å². The maximum atomic E-state index is 13.4. The summed E-state index contributed by atoms with van der Waals surface area (Å²) in [5, 5.41) is 0. The monoisotopic (exact) mass is 518 g/mol. The Morgan fingerprint density at radius 1 is 0.500 bits per heavy atom. The van der Waals surface area contributed by atoms with E-state index in [1.54, 1.807) is 24.3 Å². The van der Waals surface area contributed by atoms with E-state index in [2.05, 4.69) is 0 Å². The van der Waals surface area contributed by atoms with Gasteiger partial charge in [0.2, 0.25) is 23.1 Å². The number of ketones is 4. The standard InChI is InChI=1S/C30H30O8/c1-7-9-15-11-17-23(19(35-3)13-21(37-5)25(17)29(33)27(15)31)24-18-12-16(10-8-2)28(32)30(34)26(18)22(38-6)14-20(24)36-4/h11-14H,7-10H2,1-6H3. The first-order valence-electron chi connectivity index (χ1n) is 12.4. The third kappa shape index (κ3) is 4.10. The topological polar surface area (TPSA) is 105 Å². The second-order valence-corrected chi connectivity index (χ2v) is 9.05. The van der Waals surface area contributed by atoms with Crippen molar-refractivity contribution in [2.45, 2.75) is 39.5 Å². The number of hydrogen-bond donors (Lipinski definition) is 0. The lowest BCUT2D eigenvalue weighted by Crippen LogP contribution is -2.24. The van der Waals surface area contributed by atoms with Gasteiger partial charge in [-0.1, -0.05) is 26.7 Å². The van der Waals surface area contributed by atoms with Crippen LogP contribution in [0, 0.1) is 0 Å². The van der Waals surface area contributed by atoms with Crippen molar-refractivity contribution in [1.82, 2.24) is 0 Å². The summed E-state index contributed by atoms with van der Waals surface area (Å²) < 4.78 is 22.5. The van der Waals surface area contributed by atoms with E-state index < -0.39 is 23.1 Å². The minimum absolute atomic E-state index is 0.107. The lowest BCUT2D eigenvalue weighted by Gasteiger charge is -2.27. The molecule has 198 valence electrons. The van der Waals surface area contributed by atoms with Gasteiger partial charge in [0.25, 0.3) is 0 Å². The number of carbonyl (C=O) groups is 4. The molecule has 0 unspecified atom stereocenters. The fourth-order valence-electron chi connectivity index (χ4n) is 5.13. The lowest BCUT2D eigenvalue weighted by atomic mass is 9.78. The second-order valence-electron chi connectivity index (χ2n) is 9.05. The number of carbonyl (C=O) groups excluding carboxylic acids is 4. The highest BCUT2D eigenvalue weighted by Gasteiger charge is 2.38. The molecule has 2 aliphatic carbocycles. The van der Waals surface area contributed by atoms with Gasteiger partial charge >= 0.3 is 0 Å². The van der Waals surface area contributed by atoms with E-state index in [0.717, 1.165) is 0 Å². The first kappa shape index (κ1) is 26.9. The summed E-state index contributed by atoms with van der Waals surface area (Å²) in [6.45, 7) is 3.85. The van der Waals surface area contributed by atoms with Gasteiger partial charge in [-0.25, -0.2) is 0 Å². The third-order valence-corrected chi connectivity index (χ3v) is 6.84. The lowest BCUT2D eigenvalue weighted by molar-refractivity contribution is -0.112. The van der Waals surface area contributed by atoms with Gasteiger partial charge in [0.1, 0.15) is 23.0 Å². The average Bonchev–Trinajstić information content (AvgIpc) is 2.92. The molecule has 0 fully saturated rings. The Kier molecular flexibility index (Phi) is 7.53. The number of Topliss-reactive ketones (excluding diaryl/α,β-unsaturated/α-hetero) is 4. The number of allylic oxidation sites excluding steroid dienone is 2. The minimum Gasteiger partial charge on any atom is -0.496 e. The van der Waals surface area contributed by atoms with Gasteiger partial charge in [0.15, 0.2) is 0 Å². The van der Waals surface area contributed by atoms with Crippen LogP contribution in [-0.4, -0.2) is 51.6 Å². The van der Waals surface area contributed by atoms with Crippen LogP contribution in [0.15, 0.2) is 23.3 Å². The smallest absolute Gasteiger partial charge is 0.237 e. The highest BCUT2D eigenvalue weighted by Crippen LogP contribution is 2.51. The maximum absolute atomic E-state index is 13.4. The highest BCUT2D eigenvalue weighted by atomic mass is 16.5. The summed E-state index contributed by atoms with van der Waals surface area (Å²) in [5.41, 5.74) is 2.70. The third-order valence-electron chi connectivity index (χ3n) is 6.84. The van der Waals surface area contributed by atoms with Gasteiger partial charge in [-0.05, 0) is 25.0 Å². The van der Waals surface area contributed by atoms with E-state index in [9.17, 15) is 19.2 Å². The Bertz CT molecular complexity index is 1330. The quantitative estimate of drug-likeness (QED) is 0.413. The molecule has 0 aromatic heterocycles. The molecule has 2 aromatic rings. The molecule has 0 N–H and O–H groups in total. The minimum atomic E-state index is -0.679. The van der Waals surface area contributed by atoms with E-state index in [1.807, 2.05) is 13.8 Å². The zero-order valence-corrected chi connectivity index (χ0v) is 22.4. The van der Waals surface area contributed by atoms with Crippen LogP contribution in [-0.2, 0) is 9.59 Å². The summed E-state index contributed by atoms with van der Waals surface area (Å²) in [7, 11) is 5.79. The Morgan fingerprint density at radius 2 is 0.816 bits per heavy atom. The van der Waals surface area contributed by atoms with Crippen molar-refractivity contribution in [3.05, 3.63) is 45.5 Å². The summed E-state index contributed by atoms with van der Waals surface area (Å²) >= 11 is 0. The van der Waals surface area contributed by atoms with Crippen molar-refractivity contribution in [1.29, 1.82) is 0 Å². The first-order chi connectivity index (χ1) is 18.3. The molecule has 0 bridgehead atoms. The van der Waals surface area contributed by atoms with Crippen molar-refractivity contribution < 1.29 is 38.1 Å². The fourth-order valence-corrected chi connectivity index (χ4v) is 5.13. The van der Waals surface area contributed by atoms with Gasteiger partial charge in [0, 0.05) is 45.5 Å². The normalized spacial score (nSPS) is 14.5. The molecule has 8 heteroatoms. The summed E-state index contributed by atoms with van der Waals surface area (Å²) in [6.07, 6.45) is 5.52. The van der Waals surface area contributed by atoms with Gasteiger partial charge in [-0.2, -0.15) is 0 Å². The molecule has 38 heavy (non-hydrogen) atoms. The zero-order chi connectivity index (χ0) is 27.7. The number of fused-ring (bicyclic) bond motifs is 2. The predicted octanol–water partition coefficient (Wildman–Crippen LogP) is 5.29. The predicted molar refractivity (Wildman–Crippen MR) is 143 cm³/mol. The van der Waals surface area contributed by atoms with Crippen LogP contribution in [0.1, 0.15) is 71.4 Å². The number of benzene rings is 2. The molecule has 0 amide bonds. The molecular weight excluding hydrogens is 488 g/mol. The number of hydrogen-bond acceptors (Lipinski definition) is 8. The molecule has 2 aliphatic rings. The van der Waals surface area contributed by atoms with Crippen molar-refractivity contribution in [3.63, 3.8) is 0 Å². The molecule has 0 saturated heterocycles. The van der Waals surface area contributed by atoms with Crippen molar-refractivity contribution >= 4 is 35.3 Å². The van der Waals surface area contributed by atoms with Gasteiger partial charge < -0.3 is 18.9 Å². The summed E-state index contributed by atoms with van der Waals surface area (Å²) in [4.78, 5) is 52.6. The zero-order valence-electron chi connectivity index (χ0n) is 22.4. The molecular formula is C30H30O8. The van der Waals surface area contributed by atoms with Gasteiger partial charge in [-0.15, -0.1) is 0 Å². The molecule has 2 aromatic carbocycles. The summed E-state index contributed by atoms with van der Waals surface area (Å²) in [6, 6.07) is 3.08. The van der Waals surface area contributed by atoms with E-state index in [0.29, 0.717) is 70.6 Å². The van der Waals surface area contributed by atoms with Gasteiger partial charge in [-0.3, -0.25) is 19.2 Å². The Morgan fingerprint density at radius 3 is 1.11 bits per heavy atom. The molecule has 4 rings (SSSR count). The molecule has 0 aliphatic heterocycles. The van der Waals surface area contributed by atoms with Crippen LogP contribution in [0.2, 0.25) is 0 Å². The van der Waals surface area contributed by atoms with Crippen LogP contribution in [0.4, 0.5) is 0 Å². The Labute approximate surface area is 221 Å². The largest absolute Gasteiger partial charge is 0.496 e.